The van der Waals surface area contributed by atoms with Crippen molar-refractivity contribution in [2.24, 2.45) is 0 Å². The van der Waals surface area contributed by atoms with E-state index in [9.17, 15) is 9.59 Å². The zero-order valence-electron chi connectivity index (χ0n) is 20.3. The molecule has 182 valence electrons. The summed E-state index contributed by atoms with van der Waals surface area (Å²) >= 11 is 0. The van der Waals surface area contributed by atoms with Crippen molar-refractivity contribution in [3.8, 4) is 0 Å². The molecule has 0 heterocycles. The molecule has 2 amide bonds. The molecule has 0 spiro atoms. The van der Waals surface area contributed by atoms with Gasteiger partial charge in [0, 0.05) is 13.1 Å². The summed E-state index contributed by atoms with van der Waals surface area (Å²) in [4.78, 5) is 26.2. The summed E-state index contributed by atoms with van der Waals surface area (Å²) in [5.41, 5.74) is 3.89. The Morgan fingerprint density at radius 3 is 0.944 bits per heavy atom. The first-order valence-corrected chi connectivity index (χ1v) is 12.5. The summed E-state index contributed by atoms with van der Waals surface area (Å²) in [6.07, 6.45) is 1.56. The number of benzene rings is 4. The van der Waals surface area contributed by atoms with E-state index in [2.05, 4.69) is 10.6 Å². The number of carbonyl (C=O) groups excluding carboxylic acids is 2. The summed E-state index contributed by atoms with van der Waals surface area (Å²) in [6, 6.07) is 39.4. The highest BCUT2D eigenvalue weighted by Gasteiger charge is 2.23. The van der Waals surface area contributed by atoms with Crippen LogP contribution in [0.1, 0.15) is 46.9 Å². The quantitative estimate of drug-likeness (QED) is 0.274. The highest BCUT2D eigenvalue weighted by molar-refractivity contribution is 5.87. The molecule has 0 aliphatic heterocycles. The van der Waals surface area contributed by atoms with Crippen molar-refractivity contribution in [3.05, 3.63) is 144 Å². The van der Waals surface area contributed by atoms with Crippen LogP contribution in [0.4, 0.5) is 0 Å². The second-order valence-corrected chi connectivity index (χ2v) is 8.80. The molecule has 0 unspecified atom stereocenters. The van der Waals surface area contributed by atoms with Crippen LogP contribution in [0.3, 0.4) is 0 Å². The number of hydrogen-bond acceptors (Lipinski definition) is 2. The summed E-state index contributed by atoms with van der Waals surface area (Å²) in [7, 11) is 0. The first kappa shape index (κ1) is 24.9. The maximum absolute atomic E-state index is 13.1. The molecule has 4 aromatic rings. The Bertz CT molecular complexity index is 1030. The fourth-order valence-electron chi connectivity index (χ4n) is 4.45. The number of amides is 2. The summed E-state index contributed by atoms with van der Waals surface area (Å²) in [6.45, 7) is 1.12. The third-order valence-corrected chi connectivity index (χ3v) is 6.26. The normalized spacial score (nSPS) is 10.8. The van der Waals surface area contributed by atoms with Gasteiger partial charge in [-0.2, -0.15) is 0 Å². The van der Waals surface area contributed by atoms with Gasteiger partial charge in [-0.05, 0) is 35.1 Å². The molecular weight excluding hydrogens is 444 g/mol. The molecule has 4 aromatic carbocycles. The summed E-state index contributed by atoms with van der Waals surface area (Å²) in [5, 5.41) is 6.18. The van der Waals surface area contributed by atoms with E-state index in [1.54, 1.807) is 0 Å². The molecule has 0 aliphatic rings. The molecule has 0 aromatic heterocycles. The van der Waals surface area contributed by atoms with Crippen LogP contribution in [0.25, 0.3) is 0 Å². The van der Waals surface area contributed by atoms with E-state index >= 15 is 0 Å². The lowest BCUT2D eigenvalue weighted by atomic mass is 9.90. The molecule has 4 rings (SSSR count). The predicted octanol–water partition coefficient (Wildman–Crippen LogP) is 5.66. The molecule has 4 nitrogen and oxygen atoms in total. The SMILES string of the molecule is O=C(NCCCCNC(=O)C(c1ccccc1)c1ccccc1)C(c1ccccc1)c1ccccc1. The Hall–Kier alpha value is -4.18. The van der Waals surface area contributed by atoms with Crippen molar-refractivity contribution in [1.29, 1.82) is 0 Å². The lowest BCUT2D eigenvalue weighted by Crippen LogP contribution is -2.33. The average molecular weight is 477 g/mol. The van der Waals surface area contributed by atoms with Crippen LogP contribution < -0.4 is 10.6 Å². The van der Waals surface area contributed by atoms with Gasteiger partial charge in [0.1, 0.15) is 0 Å². The molecule has 0 bridgehead atoms. The van der Waals surface area contributed by atoms with Gasteiger partial charge in [-0.1, -0.05) is 121 Å². The number of carbonyl (C=O) groups is 2. The number of nitrogens with one attached hydrogen (secondary N) is 2. The Morgan fingerprint density at radius 1 is 0.444 bits per heavy atom. The van der Waals surface area contributed by atoms with Crippen LogP contribution in [-0.2, 0) is 9.59 Å². The van der Waals surface area contributed by atoms with E-state index in [0.717, 1.165) is 35.1 Å². The van der Waals surface area contributed by atoms with Crippen LogP contribution >= 0.6 is 0 Å². The summed E-state index contributed by atoms with van der Waals surface area (Å²) < 4.78 is 0. The zero-order chi connectivity index (χ0) is 25.0. The largest absolute Gasteiger partial charge is 0.355 e. The lowest BCUT2D eigenvalue weighted by Gasteiger charge is -2.19. The van der Waals surface area contributed by atoms with Crippen molar-refractivity contribution in [1.82, 2.24) is 10.6 Å². The molecule has 36 heavy (non-hydrogen) atoms. The number of unbranched alkanes of at least 4 members (excludes halogenated alkanes) is 1. The fourth-order valence-corrected chi connectivity index (χ4v) is 4.45. The zero-order valence-corrected chi connectivity index (χ0v) is 20.3. The van der Waals surface area contributed by atoms with Crippen LogP contribution in [0.5, 0.6) is 0 Å². The van der Waals surface area contributed by atoms with E-state index in [4.69, 9.17) is 0 Å². The monoisotopic (exact) mass is 476 g/mol. The molecule has 0 fully saturated rings. The molecule has 0 aliphatic carbocycles. The van der Waals surface area contributed by atoms with Crippen molar-refractivity contribution in [2.75, 3.05) is 13.1 Å². The van der Waals surface area contributed by atoms with Gasteiger partial charge in [0.2, 0.25) is 11.8 Å². The molecule has 0 radical (unpaired) electrons. The molecular formula is C32H32N2O2. The van der Waals surface area contributed by atoms with Crippen LogP contribution in [0.2, 0.25) is 0 Å². The smallest absolute Gasteiger partial charge is 0.232 e. The third kappa shape index (κ3) is 6.70. The van der Waals surface area contributed by atoms with Gasteiger partial charge in [0.05, 0.1) is 11.8 Å². The number of hydrogen-bond donors (Lipinski definition) is 2. The highest BCUT2D eigenvalue weighted by Crippen LogP contribution is 2.25. The Morgan fingerprint density at radius 2 is 0.694 bits per heavy atom. The first-order chi connectivity index (χ1) is 17.7. The number of rotatable bonds is 11. The van der Waals surface area contributed by atoms with E-state index in [-0.39, 0.29) is 23.7 Å². The molecule has 0 saturated heterocycles. The van der Waals surface area contributed by atoms with Gasteiger partial charge in [-0.3, -0.25) is 9.59 Å². The predicted molar refractivity (Wildman–Crippen MR) is 145 cm³/mol. The van der Waals surface area contributed by atoms with Gasteiger partial charge < -0.3 is 10.6 Å². The molecule has 4 heteroatoms. The van der Waals surface area contributed by atoms with Crippen LogP contribution in [-0.4, -0.2) is 24.9 Å². The molecule has 2 N–H and O–H groups in total. The van der Waals surface area contributed by atoms with E-state index in [1.807, 2.05) is 121 Å². The van der Waals surface area contributed by atoms with Gasteiger partial charge >= 0.3 is 0 Å². The molecule has 0 atom stereocenters. The lowest BCUT2D eigenvalue weighted by molar-refractivity contribution is -0.122. The second kappa shape index (κ2) is 13.1. The van der Waals surface area contributed by atoms with Crippen molar-refractivity contribution < 1.29 is 9.59 Å². The van der Waals surface area contributed by atoms with Gasteiger partial charge in [-0.25, -0.2) is 0 Å². The minimum absolute atomic E-state index is 0.00958. The van der Waals surface area contributed by atoms with Gasteiger partial charge in [0.25, 0.3) is 0 Å². The molecule has 0 saturated carbocycles. The van der Waals surface area contributed by atoms with Gasteiger partial charge in [-0.15, -0.1) is 0 Å². The standard InChI is InChI=1S/C32H32N2O2/c35-31(29(25-15-5-1-6-16-25)26-17-7-2-8-18-26)33-23-13-14-24-34-32(36)30(27-19-9-3-10-20-27)28-21-11-4-12-22-28/h1-12,15-22,29-30H,13-14,23-24H2,(H,33,35)(H,34,36). The second-order valence-electron chi connectivity index (χ2n) is 8.80. The topological polar surface area (TPSA) is 58.2 Å². The maximum atomic E-state index is 13.1. The van der Waals surface area contributed by atoms with Crippen molar-refractivity contribution >= 4 is 11.8 Å². The Kier molecular flexibility index (Phi) is 9.04. The highest BCUT2D eigenvalue weighted by atomic mass is 16.2. The fraction of sp³-hybridized carbons (Fsp3) is 0.188. The first-order valence-electron chi connectivity index (χ1n) is 12.5. The minimum atomic E-state index is -0.343. The van der Waals surface area contributed by atoms with Gasteiger partial charge in [0.15, 0.2) is 0 Å². The Balaban J connectivity index is 1.28. The van der Waals surface area contributed by atoms with E-state index < -0.39 is 0 Å². The van der Waals surface area contributed by atoms with E-state index in [1.165, 1.54) is 0 Å². The van der Waals surface area contributed by atoms with Crippen LogP contribution in [0.15, 0.2) is 121 Å². The van der Waals surface area contributed by atoms with Crippen molar-refractivity contribution in [3.63, 3.8) is 0 Å². The average Bonchev–Trinajstić information content (AvgIpc) is 2.93. The van der Waals surface area contributed by atoms with E-state index in [0.29, 0.717) is 13.1 Å². The van der Waals surface area contributed by atoms with Crippen molar-refractivity contribution in [2.45, 2.75) is 24.7 Å². The third-order valence-electron chi connectivity index (χ3n) is 6.26. The minimum Gasteiger partial charge on any atom is -0.355 e. The Labute approximate surface area is 213 Å². The maximum Gasteiger partial charge on any atom is 0.232 e. The summed E-state index contributed by atoms with van der Waals surface area (Å²) in [5.74, 6) is -0.705. The van der Waals surface area contributed by atoms with Crippen LogP contribution in [0, 0.1) is 0 Å².